The van der Waals surface area contributed by atoms with Crippen molar-refractivity contribution in [2.75, 3.05) is 7.11 Å². The fourth-order valence-corrected chi connectivity index (χ4v) is 5.31. The summed E-state index contributed by atoms with van der Waals surface area (Å²) in [4.78, 5) is 54.5. The molecule has 0 saturated heterocycles. The SMILES string of the molecule is CC[C@H](C)CC(=O)NC(CC(OC(C)=O)c1nc(C(=O)N[C@@H](Cc2ccccc2)CC(C)C(=O)OC)cs1)C(C)C. The van der Waals surface area contributed by atoms with Crippen molar-refractivity contribution in [2.24, 2.45) is 17.8 Å². The third kappa shape index (κ3) is 11.6. The molecule has 226 valence electrons. The van der Waals surface area contributed by atoms with Crippen LogP contribution in [0, 0.1) is 17.8 Å². The lowest BCUT2D eigenvalue weighted by molar-refractivity contribution is -0.147. The Kier molecular flexibility index (Phi) is 14.0. The molecular formula is C31H45N3O6S. The topological polar surface area (TPSA) is 124 Å². The molecule has 0 radical (unpaired) electrons. The number of nitrogens with one attached hydrogen (secondary N) is 2. The van der Waals surface area contributed by atoms with Crippen molar-refractivity contribution >= 4 is 35.1 Å². The average molecular weight is 588 g/mol. The van der Waals surface area contributed by atoms with Gasteiger partial charge in [0.05, 0.1) is 13.0 Å². The van der Waals surface area contributed by atoms with Crippen molar-refractivity contribution in [3.63, 3.8) is 0 Å². The van der Waals surface area contributed by atoms with Gasteiger partial charge in [0, 0.05) is 37.2 Å². The minimum Gasteiger partial charge on any atom is -0.469 e. The lowest BCUT2D eigenvalue weighted by atomic mass is 9.96. The molecule has 5 atom stereocenters. The number of benzene rings is 1. The lowest BCUT2D eigenvalue weighted by Crippen LogP contribution is -2.40. The Morgan fingerprint density at radius 3 is 2.27 bits per heavy atom. The fourth-order valence-electron chi connectivity index (χ4n) is 4.47. The Bertz CT molecular complexity index is 1140. The van der Waals surface area contributed by atoms with Gasteiger partial charge in [-0.1, -0.05) is 71.4 Å². The van der Waals surface area contributed by atoms with Crippen molar-refractivity contribution in [1.82, 2.24) is 15.6 Å². The Hall–Kier alpha value is -3.27. The normalized spacial score (nSPS) is 14.8. The molecule has 3 unspecified atom stereocenters. The van der Waals surface area contributed by atoms with Gasteiger partial charge in [0.15, 0.2) is 6.10 Å². The molecule has 1 heterocycles. The molecule has 0 bridgehead atoms. The smallest absolute Gasteiger partial charge is 0.308 e. The molecular weight excluding hydrogens is 542 g/mol. The van der Waals surface area contributed by atoms with Gasteiger partial charge in [0.1, 0.15) is 10.7 Å². The minimum absolute atomic E-state index is 0.0375. The molecule has 41 heavy (non-hydrogen) atoms. The van der Waals surface area contributed by atoms with E-state index in [0.717, 1.165) is 12.0 Å². The van der Waals surface area contributed by atoms with Crippen LogP contribution in [0.1, 0.15) is 94.4 Å². The van der Waals surface area contributed by atoms with Crippen LogP contribution in [-0.2, 0) is 30.3 Å². The number of amides is 2. The molecule has 2 amide bonds. The van der Waals surface area contributed by atoms with Gasteiger partial charge in [-0.2, -0.15) is 0 Å². The van der Waals surface area contributed by atoms with Crippen molar-refractivity contribution in [3.05, 3.63) is 52.0 Å². The van der Waals surface area contributed by atoms with E-state index in [1.807, 2.05) is 51.1 Å². The van der Waals surface area contributed by atoms with Crippen LogP contribution in [0.25, 0.3) is 0 Å². The lowest BCUT2D eigenvalue weighted by Gasteiger charge is -2.26. The van der Waals surface area contributed by atoms with Gasteiger partial charge in [-0.3, -0.25) is 19.2 Å². The van der Waals surface area contributed by atoms with E-state index in [0.29, 0.717) is 30.7 Å². The predicted molar refractivity (Wildman–Crippen MR) is 159 cm³/mol. The summed E-state index contributed by atoms with van der Waals surface area (Å²) in [5.41, 5.74) is 1.23. The van der Waals surface area contributed by atoms with Gasteiger partial charge in [-0.15, -0.1) is 11.3 Å². The molecule has 0 fully saturated rings. The van der Waals surface area contributed by atoms with E-state index in [9.17, 15) is 19.2 Å². The van der Waals surface area contributed by atoms with Gasteiger partial charge in [0.25, 0.3) is 5.91 Å². The van der Waals surface area contributed by atoms with Crippen LogP contribution in [0.4, 0.5) is 0 Å². The number of hydrogen-bond acceptors (Lipinski definition) is 8. The zero-order valence-corrected chi connectivity index (χ0v) is 26.1. The number of esters is 2. The van der Waals surface area contributed by atoms with Crippen molar-refractivity contribution < 1.29 is 28.7 Å². The van der Waals surface area contributed by atoms with E-state index in [4.69, 9.17) is 9.47 Å². The summed E-state index contributed by atoms with van der Waals surface area (Å²) in [6.45, 7) is 11.2. The molecule has 0 spiro atoms. The second-order valence-electron chi connectivity index (χ2n) is 11.1. The third-order valence-corrected chi connectivity index (χ3v) is 8.03. The number of thiazole rings is 1. The first-order chi connectivity index (χ1) is 19.4. The first kappa shape index (κ1) is 33.9. The zero-order chi connectivity index (χ0) is 30.5. The number of nitrogens with zero attached hydrogens (tertiary/aromatic N) is 1. The number of aromatic nitrogens is 1. The van der Waals surface area contributed by atoms with Gasteiger partial charge in [-0.05, 0) is 30.2 Å². The zero-order valence-electron chi connectivity index (χ0n) is 25.3. The van der Waals surface area contributed by atoms with Crippen LogP contribution < -0.4 is 10.6 Å². The number of rotatable bonds is 16. The fraction of sp³-hybridized carbons (Fsp3) is 0.581. The molecule has 2 aromatic rings. The van der Waals surface area contributed by atoms with Crippen LogP contribution in [0.2, 0.25) is 0 Å². The summed E-state index contributed by atoms with van der Waals surface area (Å²) in [5.74, 6) is -1.27. The maximum absolute atomic E-state index is 13.3. The number of methoxy groups -OCH3 is 1. The summed E-state index contributed by atoms with van der Waals surface area (Å²) in [5, 5.41) is 8.24. The van der Waals surface area contributed by atoms with Crippen LogP contribution >= 0.6 is 11.3 Å². The van der Waals surface area contributed by atoms with Gasteiger partial charge < -0.3 is 20.1 Å². The number of hydrogen-bond donors (Lipinski definition) is 2. The minimum atomic E-state index is -0.713. The number of carbonyl (C=O) groups is 4. The first-order valence-corrected chi connectivity index (χ1v) is 15.2. The Balaban J connectivity index is 2.20. The van der Waals surface area contributed by atoms with Crippen LogP contribution in [0.3, 0.4) is 0 Å². The van der Waals surface area contributed by atoms with Gasteiger partial charge >= 0.3 is 11.9 Å². The molecule has 0 aliphatic carbocycles. The Morgan fingerprint density at radius 1 is 1.00 bits per heavy atom. The van der Waals surface area contributed by atoms with E-state index in [2.05, 4.69) is 22.5 Å². The van der Waals surface area contributed by atoms with Crippen molar-refractivity contribution in [2.45, 2.75) is 91.8 Å². The predicted octanol–water partition coefficient (Wildman–Crippen LogP) is 5.25. The average Bonchev–Trinajstić information content (AvgIpc) is 3.42. The third-order valence-electron chi connectivity index (χ3n) is 7.09. The molecule has 0 saturated carbocycles. The van der Waals surface area contributed by atoms with E-state index in [1.54, 1.807) is 12.3 Å². The Morgan fingerprint density at radius 2 is 1.68 bits per heavy atom. The maximum Gasteiger partial charge on any atom is 0.308 e. The quantitative estimate of drug-likeness (QED) is 0.257. The molecule has 9 nitrogen and oxygen atoms in total. The standard InChI is InChI=1S/C31H45N3O6S/c1-8-20(4)14-28(36)33-25(19(2)3)17-27(40-22(6)35)30-34-26(18-41-30)29(37)32-24(15-21(5)31(38)39-7)16-23-12-10-9-11-13-23/h9-13,18-21,24-25,27H,8,14-17H2,1-7H3,(H,32,37)(H,33,36)/t20-,21?,24+,25?,27?/m0/s1. The molecule has 2 rings (SSSR count). The summed E-state index contributed by atoms with van der Waals surface area (Å²) in [6, 6.07) is 9.14. The summed E-state index contributed by atoms with van der Waals surface area (Å²) in [6.07, 6.45) is 1.90. The van der Waals surface area contributed by atoms with Gasteiger partial charge in [0.2, 0.25) is 5.91 Å². The van der Waals surface area contributed by atoms with Gasteiger partial charge in [-0.25, -0.2) is 4.98 Å². The van der Waals surface area contributed by atoms with E-state index in [-0.39, 0.29) is 47.4 Å². The largest absolute Gasteiger partial charge is 0.469 e. The van der Waals surface area contributed by atoms with Crippen LogP contribution in [0.5, 0.6) is 0 Å². The highest BCUT2D eigenvalue weighted by Crippen LogP contribution is 2.29. The van der Waals surface area contributed by atoms with E-state index >= 15 is 0 Å². The highest BCUT2D eigenvalue weighted by Gasteiger charge is 2.29. The maximum atomic E-state index is 13.3. The highest BCUT2D eigenvalue weighted by molar-refractivity contribution is 7.09. The highest BCUT2D eigenvalue weighted by atomic mass is 32.1. The van der Waals surface area contributed by atoms with Crippen LogP contribution in [0.15, 0.2) is 35.7 Å². The molecule has 0 aliphatic heterocycles. The summed E-state index contributed by atoms with van der Waals surface area (Å²) >= 11 is 1.23. The Labute approximate surface area is 247 Å². The van der Waals surface area contributed by atoms with Crippen molar-refractivity contribution in [1.29, 1.82) is 0 Å². The monoisotopic (exact) mass is 587 g/mol. The second kappa shape index (κ2) is 16.9. The number of carbonyl (C=O) groups excluding carboxylic acids is 4. The first-order valence-electron chi connectivity index (χ1n) is 14.3. The molecule has 0 aliphatic rings. The van der Waals surface area contributed by atoms with Crippen molar-refractivity contribution in [3.8, 4) is 0 Å². The van der Waals surface area contributed by atoms with E-state index < -0.39 is 18.0 Å². The second-order valence-corrected chi connectivity index (χ2v) is 12.0. The molecule has 2 N–H and O–H groups in total. The summed E-state index contributed by atoms with van der Waals surface area (Å²) in [7, 11) is 1.35. The van der Waals surface area contributed by atoms with E-state index in [1.165, 1.54) is 25.4 Å². The number of ether oxygens (including phenoxy) is 2. The molecule has 1 aromatic heterocycles. The van der Waals surface area contributed by atoms with Crippen LogP contribution in [-0.4, -0.2) is 47.9 Å². The molecule has 1 aromatic carbocycles. The molecule has 10 heteroatoms. The summed E-state index contributed by atoms with van der Waals surface area (Å²) < 4.78 is 10.5.